The van der Waals surface area contributed by atoms with E-state index in [1.165, 1.54) is 11.1 Å². The average molecular weight is 340 g/mol. The summed E-state index contributed by atoms with van der Waals surface area (Å²) < 4.78 is 24.0. The summed E-state index contributed by atoms with van der Waals surface area (Å²) in [5.41, 5.74) is 3.50. The Bertz CT molecular complexity index is 721. The van der Waals surface area contributed by atoms with E-state index in [1.54, 1.807) is 0 Å². The first-order valence-electron chi connectivity index (χ1n) is 7.94. The molecule has 2 aromatic rings. The molecular weight excluding hydrogens is 315 g/mol. The maximum atomic E-state index is 12.0. The number of hydrogen-bond acceptors (Lipinski definition) is 2. The van der Waals surface area contributed by atoms with Gasteiger partial charge in [-0.15, -0.1) is 0 Å². The molecule has 0 aliphatic rings. The Labute approximate surface area is 164 Å². The van der Waals surface area contributed by atoms with E-state index in [1.807, 2.05) is 18.2 Å². The van der Waals surface area contributed by atoms with Crippen molar-refractivity contribution in [2.24, 2.45) is 0 Å². The van der Waals surface area contributed by atoms with Crippen LogP contribution in [0.4, 0.5) is 0 Å². The van der Waals surface area contributed by atoms with Crippen LogP contribution < -0.4 is 29.6 Å². The van der Waals surface area contributed by atoms with Crippen LogP contribution in [0.25, 0.3) is 10.8 Å². The molecule has 0 aromatic heterocycles. The van der Waals surface area contributed by atoms with Crippen molar-refractivity contribution in [2.45, 2.75) is 64.2 Å². The topological polar surface area (TPSA) is 40.1 Å². The van der Waals surface area contributed by atoms with Crippen molar-refractivity contribution in [3.8, 4) is 0 Å². The molecule has 0 bridgehead atoms. The largest absolute Gasteiger partial charge is 1.00 e. The normalized spacial score (nSPS) is 13.0. The van der Waals surface area contributed by atoms with Crippen LogP contribution in [0, 0.1) is 0 Å². The maximum Gasteiger partial charge on any atom is 1.00 e. The second-order valence-corrected chi connectivity index (χ2v) is 7.69. The predicted octanol–water partition coefficient (Wildman–Crippen LogP) is 2.45. The Morgan fingerprint density at radius 3 is 1.61 bits per heavy atom. The van der Waals surface area contributed by atoms with E-state index < -0.39 is 11.1 Å². The molecule has 0 spiro atoms. The molecule has 1 unspecified atom stereocenters. The smallest absolute Gasteiger partial charge is 0.768 e. The summed E-state index contributed by atoms with van der Waals surface area (Å²) in [6, 6.07) is 7.90. The molecule has 2 aromatic carbocycles. The van der Waals surface area contributed by atoms with Crippen LogP contribution in [-0.2, 0) is 11.1 Å². The van der Waals surface area contributed by atoms with Gasteiger partial charge in [-0.2, -0.15) is 0 Å². The summed E-state index contributed by atoms with van der Waals surface area (Å²) in [7, 11) is 0. The molecule has 0 fully saturated rings. The fraction of sp³-hybridized carbons (Fsp3) is 0.474. The molecule has 1 atom stereocenters. The fourth-order valence-electron chi connectivity index (χ4n) is 3.47. The van der Waals surface area contributed by atoms with Crippen LogP contribution in [0.2, 0.25) is 0 Å². The molecule has 0 heterocycles. The van der Waals surface area contributed by atoms with Crippen LogP contribution in [0.3, 0.4) is 0 Å². The maximum absolute atomic E-state index is 12.0. The third-order valence-electron chi connectivity index (χ3n) is 4.19. The van der Waals surface area contributed by atoms with E-state index in [0.717, 1.165) is 16.3 Å². The minimum atomic E-state index is -2.23. The van der Waals surface area contributed by atoms with Gasteiger partial charge in [0.1, 0.15) is 0 Å². The Morgan fingerprint density at radius 1 is 0.783 bits per heavy atom. The average Bonchev–Trinajstić information content (AvgIpc) is 2.43. The van der Waals surface area contributed by atoms with Crippen molar-refractivity contribution in [1.82, 2.24) is 0 Å². The molecule has 2 nitrogen and oxygen atoms in total. The van der Waals surface area contributed by atoms with Crippen LogP contribution >= 0.6 is 0 Å². The van der Waals surface area contributed by atoms with E-state index >= 15 is 0 Å². The number of benzene rings is 2. The molecule has 4 heteroatoms. The summed E-state index contributed by atoms with van der Waals surface area (Å²) in [4.78, 5) is 0.485. The van der Waals surface area contributed by atoms with E-state index in [4.69, 9.17) is 0 Å². The standard InChI is InChI=1S/C19H26O2S.Na/c1-11(2)16-14-9-7-8-10-15(14)19(22(20)21)18(13(5)6)17(16)12(3)4;/h7-13H,1-6H3,(H,20,21);/q;+1/p-1. The first-order valence-corrected chi connectivity index (χ1v) is 9.02. The molecule has 0 saturated heterocycles. The van der Waals surface area contributed by atoms with E-state index in [9.17, 15) is 8.76 Å². The van der Waals surface area contributed by atoms with Crippen molar-refractivity contribution in [2.75, 3.05) is 0 Å². The van der Waals surface area contributed by atoms with Crippen molar-refractivity contribution in [1.29, 1.82) is 0 Å². The predicted molar refractivity (Wildman–Crippen MR) is 93.4 cm³/mol. The van der Waals surface area contributed by atoms with Crippen LogP contribution in [0.1, 0.15) is 76.0 Å². The van der Waals surface area contributed by atoms with Crippen LogP contribution in [0.5, 0.6) is 0 Å². The van der Waals surface area contributed by atoms with E-state index in [-0.39, 0.29) is 35.5 Å². The van der Waals surface area contributed by atoms with Crippen molar-refractivity contribution in [3.63, 3.8) is 0 Å². The third-order valence-corrected chi connectivity index (χ3v) is 4.96. The van der Waals surface area contributed by atoms with Gasteiger partial charge in [-0.25, -0.2) is 0 Å². The van der Waals surface area contributed by atoms with Gasteiger partial charge in [0.05, 0.1) is 0 Å². The minimum absolute atomic E-state index is 0. The second-order valence-electron chi connectivity index (χ2n) is 6.81. The molecule has 0 amide bonds. The number of rotatable bonds is 4. The van der Waals surface area contributed by atoms with Gasteiger partial charge in [-0.05, 0) is 56.3 Å². The van der Waals surface area contributed by atoms with Gasteiger partial charge in [-0.3, -0.25) is 4.21 Å². The zero-order valence-electron chi connectivity index (χ0n) is 15.3. The van der Waals surface area contributed by atoms with Crippen LogP contribution in [-0.4, -0.2) is 8.76 Å². The summed E-state index contributed by atoms with van der Waals surface area (Å²) in [6.07, 6.45) is 0. The number of fused-ring (bicyclic) bond motifs is 1. The van der Waals surface area contributed by atoms with Gasteiger partial charge in [0.2, 0.25) is 0 Å². The monoisotopic (exact) mass is 340 g/mol. The molecule has 0 aliphatic heterocycles. The van der Waals surface area contributed by atoms with Gasteiger partial charge in [0.15, 0.2) is 0 Å². The Morgan fingerprint density at radius 2 is 1.22 bits per heavy atom. The molecule has 0 N–H and O–H groups in total. The van der Waals surface area contributed by atoms with Gasteiger partial charge < -0.3 is 4.55 Å². The SMILES string of the molecule is CC(C)c1c(C(C)C)c(S(=O)[O-])c2ccccc2c1C(C)C.[Na+]. The first kappa shape index (κ1) is 20.9. The Kier molecular flexibility index (Phi) is 7.49. The summed E-state index contributed by atoms with van der Waals surface area (Å²) in [6.45, 7) is 12.8. The summed E-state index contributed by atoms with van der Waals surface area (Å²) in [5, 5.41) is 1.93. The fourth-order valence-corrected chi connectivity index (χ4v) is 4.35. The Hall–Kier alpha value is -0.190. The van der Waals surface area contributed by atoms with Crippen molar-refractivity contribution >= 4 is 21.9 Å². The molecule has 120 valence electrons. The molecule has 2 rings (SSSR count). The molecule has 0 saturated carbocycles. The molecule has 0 radical (unpaired) electrons. The van der Waals surface area contributed by atoms with E-state index in [0.29, 0.717) is 16.7 Å². The first-order chi connectivity index (χ1) is 10.3. The number of hydrogen-bond donors (Lipinski definition) is 0. The van der Waals surface area contributed by atoms with Crippen LogP contribution in [0.15, 0.2) is 29.2 Å². The van der Waals surface area contributed by atoms with Gasteiger partial charge in [-0.1, -0.05) is 65.8 Å². The molecule has 23 heavy (non-hydrogen) atoms. The van der Waals surface area contributed by atoms with Crippen molar-refractivity contribution < 1.29 is 38.3 Å². The molecular formula is C19H25NaO2S. The summed E-state index contributed by atoms with van der Waals surface area (Å²) >= 11 is -2.23. The Balaban J connectivity index is 0.00000264. The van der Waals surface area contributed by atoms with Gasteiger partial charge in [0.25, 0.3) is 0 Å². The minimum Gasteiger partial charge on any atom is -0.768 e. The zero-order valence-corrected chi connectivity index (χ0v) is 18.1. The zero-order chi connectivity index (χ0) is 16.6. The quantitative estimate of drug-likeness (QED) is 0.634. The van der Waals surface area contributed by atoms with Gasteiger partial charge in [0, 0.05) is 4.90 Å². The second kappa shape index (κ2) is 8.26. The molecule has 0 aliphatic carbocycles. The van der Waals surface area contributed by atoms with Crippen molar-refractivity contribution in [3.05, 3.63) is 41.0 Å². The third kappa shape index (κ3) is 3.91. The van der Waals surface area contributed by atoms with E-state index in [2.05, 4.69) is 47.6 Å². The summed E-state index contributed by atoms with van der Waals surface area (Å²) in [5.74, 6) is 0.822. The van der Waals surface area contributed by atoms with Gasteiger partial charge >= 0.3 is 29.6 Å².